The highest BCUT2D eigenvalue weighted by Crippen LogP contribution is 2.36. The van der Waals surface area contributed by atoms with Crippen LogP contribution in [0.5, 0.6) is 0 Å². The van der Waals surface area contributed by atoms with Gasteiger partial charge in [0.25, 0.3) is 0 Å². The molecule has 2 atom stereocenters. The van der Waals surface area contributed by atoms with Crippen molar-refractivity contribution in [1.29, 1.82) is 0 Å². The van der Waals surface area contributed by atoms with Crippen LogP contribution in [0.15, 0.2) is 48.5 Å². The van der Waals surface area contributed by atoms with Crippen molar-refractivity contribution < 1.29 is 4.58 Å². The second-order valence-electron chi connectivity index (χ2n) is 6.92. The van der Waals surface area contributed by atoms with E-state index in [2.05, 4.69) is 78.2 Å². The fraction of sp³-hybridized carbons (Fsp3) is 0.381. The van der Waals surface area contributed by atoms with Gasteiger partial charge < -0.3 is 0 Å². The highest BCUT2D eigenvalue weighted by Gasteiger charge is 2.45. The third-order valence-corrected chi connectivity index (χ3v) is 5.44. The quantitative estimate of drug-likeness (QED) is 0.722. The normalized spacial score (nSPS) is 23.6. The van der Waals surface area contributed by atoms with Crippen molar-refractivity contribution in [2.45, 2.75) is 51.6 Å². The van der Waals surface area contributed by atoms with Crippen molar-refractivity contribution in [1.82, 2.24) is 0 Å². The number of hydrogen-bond donors (Lipinski definition) is 0. The van der Waals surface area contributed by atoms with E-state index in [4.69, 9.17) is 0 Å². The molecule has 1 aliphatic heterocycles. The molecule has 2 aromatic rings. The number of aryl methyl sites for hydroxylation is 2. The first-order valence-corrected chi connectivity index (χ1v) is 8.78. The third kappa shape index (κ3) is 2.46. The number of fused-ring (bicyclic) bond motifs is 1. The summed E-state index contributed by atoms with van der Waals surface area (Å²) in [5, 5.41) is 0. The maximum absolute atomic E-state index is 2.53. The molecule has 23 heavy (non-hydrogen) atoms. The lowest BCUT2D eigenvalue weighted by Gasteiger charge is -2.27. The van der Waals surface area contributed by atoms with Gasteiger partial charge >= 0.3 is 0 Å². The van der Waals surface area contributed by atoms with Gasteiger partial charge in [-0.25, -0.2) is 9.48 Å². The Balaban J connectivity index is 1.81. The molecule has 0 bridgehead atoms. The summed E-state index contributed by atoms with van der Waals surface area (Å²) in [5.74, 6) is 0. The van der Waals surface area contributed by atoms with Gasteiger partial charge in [0.15, 0.2) is 0 Å². The van der Waals surface area contributed by atoms with Crippen molar-refractivity contribution in [3.05, 3.63) is 59.7 Å². The van der Waals surface area contributed by atoms with E-state index in [1.807, 2.05) is 0 Å². The molecule has 0 saturated heterocycles. The van der Waals surface area contributed by atoms with Crippen LogP contribution in [0.1, 0.15) is 36.8 Å². The lowest BCUT2D eigenvalue weighted by molar-refractivity contribution is -0.477. The maximum Gasteiger partial charge on any atom is 0.245 e. The summed E-state index contributed by atoms with van der Waals surface area (Å²) in [4.78, 5) is 2.53. The Morgan fingerprint density at radius 3 is 2.35 bits per heavy atom. The van der Waals surface area contributed by atoms with Gasteiger partial charge in [0, 0.05) is 0 Å². The Morgan fingerprint density at radius 2 is 1.57 bits per heavy atom. The zero-order chi connectivity index (χ0) is 15.8. The van der Waals surface area contributed by atoms with Gasteiger partial charge in [-0.05, 0) is 62.8 Å². The van der Waals surface area contributed by atoms with Crippen molar-refractivity contribution in [3.63, 3.8) is 0 Å². The Labute approximate surface area is 139 Å². The highest BCUT2D eigenvalue weighted by atomic mass is 15.3. The van der Waals surface area contributed by atoms with Gasteiger partial charge in [-0.1, -0.05) is 36.4 Å². The van der Waals surface area contributed by atoms with E-state index in [0.29, 0.717) is 12.1 Å². The minimum atomic E-state index is 0.601. The van der Waals surface area contributed by atoms with E-state index in [1.54, 1.807) is 0 Å². The minimum absolute atomic E-state index is 0.601. The summed E-state index contributed by atoms with van der Waals surface area (Å²) in [5.41, 5.74) is 5.44. The molecule has 0 amide bonds. The Morgan fingerprint density at radius 1 is 0.870 bits per heavy atom. The van der Waals surface area contributed by atoms with Crippen molar-refractivity contribution in [2.24, 2.45) is 0 Å². The van der Waals surface area contributed by atoms with E-state index in [0.717, 1.165) is 0 Å². The molecule has 1 aliphatic carbocycles. The summed E-state index contributed by atoms with van der Waals surface area (Å²) in [6, 6.07) is 18.7. The molecule has 0 radical (unpaired) electrons. The van der Waals surface area contributed by atoms with E-state index >= 15 is 0 Å². The first-order valence-electron chi connectivity index (χ1n) is 8.78. The average Bonchev–Trinajstić information content (AvgIpc) is 2.95. The molecule has 2 unspecified atom stereocenters. The molecule has 2 heteroatoms. The van der Waals surface area contributed by atoms with Crippen LogP contribution in [0.2, 0.25) is 0 Å². The van der Waals surface area contributed by atoms with Gasteiger partial charge in [-0.15, -0.1) is 0 Å². The molecule has 0 aromatic heterocycles. The molecule has 1 saturated carbocycles. The number of anilines is 1. The second-order valence-corrected chi connectivity index (χ2v) is 6.92. The van der Waals surface area contributed by atoms with Crippen LogP contribution in [0, 0.1) is 13.8 Å². The molecule has 0 N–H and O–H groups in total. The third-order valence-electron chi connectivity index (χ3n) is 5.44. The van der Waals surface area contributed by atoms with Gasteiger partial charge in [0.1, 0.15) is 23.5 Å². The molecular weight excluding hydrogens is 280 g/mol. The lowest BCUT2D eigenvalue weighted by Crippen LogP contribution is -2.40. The van der Waals surface area contributed by atoms with Gasteiger partial charge in [0.05, 0.1) is 0 Å². The summed E-state index contributed by atoms with van der Waals surface area (Å²) >= 11 is 0. The van der Waals surface area contributed by atoms with Crippen LogP contribution >= 0.6 is 0 Å². The van der Waals surface area contributed by atoms with Gasteiger partial charge in [-0.3, -0.25) is 0 Å². The van der Waals surface area contributed by atoms with Gasteiger partial charge in [-0.2, -0.15) is 0 Å². The molecular formula is C21H25N2+. The van der Waals surface area contributed by atoms with Crippen molar-refractivity contribution in [2.75, 3.05) is 4.90 Å². The van der Waals surface area contributed by atoms with Crippen molar-refractivity contribution >= 4 is 17.7 Å². The molecule has 1 heterocycles. The predicted molar refractivity (Wildman–Crippen MR) is 96.9 cm³/mol. The smallest absolute Gasteiger partial charge is 0.226 e. The minimum Gasteiger partial charge on any atom is -0.226 e. The van der Waals surface area contributed by atoms with Crippen LogP contribution in [0.25, 0.3) is 0 Å². The summed E-state index contributed by atoms with van der Waals surface area (Å²) < 4.78 is 2.53. The summed E-state index contributed by atoms with van der Waals surface area (Å²) in [6.07, 6.45) is 7.64. The molecule has 4 rings (SSSR count). The second kappa shape index (κ2) is 5.84. The zero-order valence-corrected chi connectivity index (χ0v) is 14.1. The van der Waals surface area contributed by atoms with Crippen molar-refractivity contribution in [3.8, 4) is 0 Å². The number of benzene rings is 2. The number of hydrogen-bond acceptors (Lipinski definition) is 1. The number of rotatable bonds is 2. The number of para-hydroxylation sites is 2. The number of nitrogens with zero attached hydrogens (tertiary/aromatic N) is 2. The zero-order valence-electron chi connectivity index (χ0n) is 14.1. The highest BCUT2D eigenvalue weighted by molar-refractivity contribution is 5.81. The van der Waals surface area contributed by atoms with Crippen LogP contribution in [-0.2, 0) is 0 Å². The van der Waals surface area contributed by atoms with Crippen LogP contribution in [0.4, 0.5) is 11.4 Å². The van der Waals surface area contributed by atoms with Crippen LogP contribution in [0.3, 0.4) is 0 Å². The van der Waals surface area contributed by atoms with Crippen LogP contribution < -0.4 is 4.90 Å². The van der Waals surface area contributed by atoms with E-state index in [9.17, 15) is 0 Å². The van der Waals surface area contributed by atoms with Crippen LogP contribution in [-0.4, -0.2) is 23.0 Å². The van der Waals surface area contributed by atoms with E-state index in [-0.39, 0.29) is 0 Å². The van der Waals surface area contributed by atoms with E-state index < -0.39 is 0 Å². The molecule has 2 nitrogen and oxygen atoms in total. The standard InChI is InChI=1S/C21H25N2/c1-16-9-3-5-11-18(16)22-15-23(19-12-6-4-10-17(19)2)21-14-8-7-13-20(21)22/h3-6,9-12,15,20-21H,7-8,13-14H2,1-2H3/q+1. The monoisotopic (exact) mass is 305 g/mol. The predicted octanol–water partition coefficient (Wildman–Crippen LogP) is 4.81. The largest absolute Gasteiger partial charge is 0.245 e. The molecule has 0 spiro atoms. The Kier molecular flexibility index (Phi) is 3.68. The van der Waals surface area contributed by atoms with Gasteiger partial charge in [0.2, 0.25) is 6.34 Å². The SMILES string of the molecule is Cc1ccccc1N1C=[N+](c2ccccc2C)C2CCCCC21. The molecule has 2 aromatic carbocycles. The first-order chi connectivity index (χ1) is 11.3. The summed E-state index contributed by atoms with van der Waals surface area (Å²) in [6.45, 7) is 4.44. The van der Waals surface area contributed by atoms with E-state index in [1.165, 1.54) is 48.2 Å². The molecule has 2 aliphatic rings. The lowest BCUT2D eigenvalue weighted by atomic mass is 9.89. The molecule has 1 fully saturated rings. The molecule has 118 valence electrons. The maximum atomic E-state index is 2.53. The Hall–Kier alpha value is -2.09. The fourth-order valence-electron chi connectivity index (χ4n) is 4.23. The fourth-order valence-corrected chi connectivity index (χ4v) is 4.23. The first kappa shape index (κ1) is 14.5. The topological polar surface area (TPSA) is 6.25 Å². The average molecular weight is 305 g/mol. The Bertz CT molecular complexity index is 747. The summed E-state index contributed by atoms with van der Waals surface area (Å²) in [7, 11) is 0.